The SMILES string of the molecule is Cc1nc(NC(=O)c2ccccc2)sc1C(=O)CCc1cccc(F)c1. The van der Waals surface area contributed by atoms with Gasteiger partial charge >= 0.3 is 0 Å². The summed E-state index contributed by atoms with van der Waals surface area (Å²) in [6, 6.07) is 15.0. The van der Waals surface area contributed by atoms with Crippen LogP contribution in [0.15, 0.2) is 54.6 Å². The van der Waals surface area contributed by atoms with E-state index in [4.69, 9.17) is 0 Å². The minimum atomic E-state index is -0.310. The van der Waals surface area contributed by atoms with Gasteiger partial charge in [0.25, 0.3) is 5.91 Å². The van der Waals surface area contributed by atoms with E-state index < -0.39 is 0 Å². The molecule has 6 heteroatoms. The molecule has 0 atom stereocenters. The summed E-state index contributed by atoms with van der Waals surface area (Å²) in [6.45, 7) is 1.74. The molecule has 0 fully saturated rings. The maximum Gasteiger partial charge on any atom is 0.257 e. The van der Waals surface area contributed by atoms with Crippen LogP contribution in [-0.2, 0) is 6.42 Å². The van der Waals surface area contributed by atoms with E-state index in [-0.39, 0.29) is 23.9 Å². The molecule has 0 spiro atoms. The zero-order chi connectivity index (χ0) is 18.5. The van der Waals surface area contributed by atoms with Gasteiger partial charge in [-0.3, -0.25) is 14.9 Å². The molecule has 0 aliphatic carbocycles. The Balaban J connectivity index is 1.65. The van der Waals surface area contributed by atoms with Crippen LogP contribution >= 0.6 is 11.3 Å². The second kappa shape index (κ2) is 8.01. The highest BCUT2D eigenvalue weighted by Crippen LogP contribution is 2.25. The molecule has 1 amide bonds. The summed E-state index contributed by atoms with van der Waals surface area (Å²) in [7, 11) is 0. The molecule has 26 heavy (non-hydrogen) atoms. The van der Waals surface area contributed by atoms with Crippen molar-refractivity contribution in [2.45, 2.75) is 19.8 Å². The number of hydrogen-bond acceptors (Lipinski definition) is 4. The average molecular weight is 368 g/mol. The van der Waals surface area contributed by atoms with Crippen molar-refractivity contribution in [1.82, 2.24) is 4.98 Å². The van der Waals surface area contributed by atoms with E-state index in [0.717, 1.165) is 16.9 Å². The van der Waals surface area contributed by atoms with Gasteiger partial charge < -0.3 is 0 Å². The Bertz CT molecular complexity index is 938. The topological polar surface area (TPSA) is 59.1 Å². The Labute approximate surface area is 154 Å². The van der Waals surface area contributed by atoms with Gasteiger partial charge in [0.05, 0.1) is 10.6 Å². The van der Waals surface area contributed by atoms with Gasteiger partial charge in [-0.25, -0.2) is 9.37 Å². The molecule has 0 unspecified atom stereocenters. The Hall–Kier alpha value is -2.86. The normalized spacial score (nSPS) is 10.5. The Morgan fingerprint density at radius 1 is 1.12 bits per heavy atom. The molecule has 3 aromatic rings. The van der Waals surface area contributed by atoms with Crippen molar-refractivity contribution in [2.75, 3.05) is 5.32 Å². The molecule has 4 nitrogen and oxygen atoms in total. The van der Waals surface area contributed by atoms with Crippen LogP contribution < -0.4 is 5.32 Å². The van der Waals surface area contributed by atoms with Gasteiger partial charge in [0, 0.05) is 12.0 Å². The molecule has 3 rings (SSSR count). The Morgan fingerprint density at radius 3 is 2.62 bits per heavy atom. The number of halogens is 1. The molecule has 0 saturated heterocycles. The lowest BCUT2D eigenvalue weighted by Crippen LogP contribution is -2.11. The van der Waals surface area contributed by atoms with Crippen LogP contribution in [0.2, 0.25) is 0 Å². The van der Waals surface area contributed by atoms with Crippen LogP contribution in [0.25, 0.3) is 0 Å². The summed E-state index contributed by atoms with van der Waals surface area (Å²) >= 11 is 1.16. The minimum absolute atomic E-state index is 0.0653. The lowest BCUT2D eigenvalue weighted by Gasteiger charge is -2.01. The Morgan fingerprint density at radius 2 is 1.88 bits per heavy atom. The molecule has 1 N–H and O–H groups in total. The van der Waals surface area contributed by atoms with Crippen LogP contribution in [0.5, 0.6) is 0 Å². The summed E-state index contributed by atoms with van der Waals surface area (Å²) in [5.74, 6) is -0.641. The number of ketones is 1. The van der Waals surface area contributed by atoms with Gasteiger partial charge in [0.2, 0.25) is 0 Å². The summed E-state index contributed by atoms with van der Waals surface area (Å²) < 4.78 is 13.2. The first-order valence-electron chi connectivity index (χ1n) is 8.14. The maximum atomic E-state index is 13.2. The van der Waals surface area contributed by atoms with Gasteiger partial charge in [0.15, 0.2) is 10.9 Å². The van der Waals surface area contributed by atoms with Crippen LogP contribution in [0, 0.1) is 12.7 Å². The quantitative estimate of drug-likeness (QED) is 0.644. The highest BCUT2D eigenvalue weighted by molar-refractivity contribution is 7.17. The lowest BCUT2D eigenvalue weighted by atomic mass is 10.1. The number of Topliss-reactive ketones (excluding diaryl/α,β-unsaturated/α-hetero) is 1. The van der Waals surface area contributed by atoms with Crippen molar-refractivity contribution in [3.8, 4) is 0 Å². The number of nitrogens with one attached hydrogen (secondary N) is 1. The van der Waals surface area contributed by atoms with Crippen LogP contribution in [-0.4, -0.2) is 16.7 Å². The van der Waals surface area contributed by atoms with E-state index in [9.17, 15) is 14.0 Å². The number of aromatic nitrogens is 1. The number of anilines is 1. The predicted molar refractivity (Wildman–Crippen MR) is 100 cm³/mol. The third-order valence-corrected chi connectivity index (χ3v) is 4.95. The van der Waals surface area contributed by atoms with Crippen molar-refractivity contribution < 1.29 is 14.0 Å². The van der Waals surface area contributed by atoms with E-state index in [1.807, 2.05) is 6.07 Å². The highest BCUT2D eigenvalue weighted by atomic mass is 32.1. The molecule has 0 aliphatic heterocycles. The van der Waals surface area contributed by atoms with E-state index in [2.05, 4.69) is 10.3 Å². The Kier molecular flexibility index (Phi) is 5.53. The summed E-state index contributed by atoms with van der Waals surface area (Å²) in [5.41, 5.74) is 1.89. The van der Waals surface area contributed by atoms with E-state index in [1.54, 1.807) is 43.3 Å². The van der Waals surface area contributed by atoms with Crippen LogP contribution in [0.3, 0.4) is 0 Å². The first-order chi connectivity index (χ1) is 12.5. The lowest BCUT2D eigenvalue weighted by molar-refractivity contribution is 0.0984. The highest BCUT2D eigenvalue weighted by Gasteiger charge is 2.17. The van der Waals surface area contributed by atoms with Gasteiger partial charge in [-0.1, -0.05) is 41.7 Å². The molecule has 0 bridgehead atoms. The molecular formula is C20H17FN2O2S. The molecular weight excluding hydrogens is 351 g/mol. The number of rotatable bonds is 6. The zero-order valence-corrected chi connectivity index (χ0v) is 15.0. The van der Waals surface area contributed by atoms with Gasteiger partial charge in [-0.2, -0.15) is 0 Å². The van der Waals surface area contributed by atoms with Crippen molar-refractivity contribution in [3.05, 3.63) is 82.1 Å². The van der Waals surface area contributed by atoms with E-state index in [1.165, 1.54) is 12.1 Å². The smallest absolute Gasteiger partial charge is 0.257 e. The third kappa shape index (κ3) is 4.40. The van der Waals surface area contributed by atoms with Crippen LogP contribution in [0.4, 0.5) is 9.52 Å². The fraction of sp³-hybridized carbons (Fsp3) is 0.150. The molecule has 132 valence electrons. The number of carbonyl (C=O) groups excluding carboxylic acids is 2. The van der Waals surface area contributed by atoms with E-state index >= 15 is 0 Å². The zero-order valence-electron chi connectivity index (χ0n) is 14.2. The fourth-order valence-electron chi connectivity index (χ4n) is 2.53. The number of thiazole rings is 1. The third-order valence-electron chi connectivity index (χ3n) is 3.84. The number of nitrogens with zero attached hydrogens (tertiary/aromatic N) is 1. The monoisotopic (exact) mass is 368 g/mol. The standard InChI is InChI=1S/C20H17FN2O2S/c1-13-18(17(24)11-10-14-6-5-9-16(21)12-14)26-20(22-13)23-19(25)15-7-3-2-4-8-15/h2-9,12H,10-11H2,1H3,(H,22,23,25). The molecule has 0 radical (unpaired) electrons. The van der Waals surface area contributed by atoms with Crippen molar-refractivity contribution in [3.63, 3.8) is 0 Å². The molecule has 1 heterocycles. The molecule has 0 aliphatic rings. The second-order valence-corrected chi connectivity index (χ2v) is 6.81. The van der Waals surface area contributed by atoms with Crippen LogP contribution in [0.1, 0.15) is 37.7 Å². The summed E-state index contributed by atoms with van der Waals surface area (Å²) in [4.78, 5) is 29.4. The molecule has 2 aromatic carbocycles. The number of hydrogen-bond donors (Lipinski definition) is 1. The maximum absolute atomic E-state index is 13.2. The first-order valence-corrected chi connectivity index (χ1v) is 8.96. The van der Waals surface area contributed by atoms with Gasteiger partial charge in [-0.15, -0.1) is 0 Å². The molecule has 1 aromatic heterocycles. The van der Waals surface area contributed by atoms with Crippen molar-refractivity contribution in [1.29, 1.82) is 0 Å². The fourth-order valence-corrected chi connectivity index (χ4v) is 3.46. The van der Waals surface area contributed by atoms with Crippen molar-refractivity contribution in [2.24, 2.45) is 0 Å². The number of carbonyl (C=O) groups is 2. The second-order valence-electron chi connectivity index (χ2n) is 5.81. The number of aryl methyl sites for hydroxylation is 2. The molecule has 0 saturated carbocycles. The number of amides is 1. The van der Waals surface area contributed by atoms with E-state index in [0.29, 0.717) is 27.7 Å². The van der Waals surface area contributed by atoms with Crippen molar-refractivity contribution >= 4 is 28.2 Å². The minimum Gasteiger partial charge on any atom is -0.298 e. The summed E-state index contributed by atoms with van der Waals surface area (Å²) in [5, 5.41) is 3.12. The largest absolute Gasteiger partial charge is 0.298 e. The predicted octanol–water partition coefficient (Wildman–Crippen LogP) is 4.66. The van der Waals surface area contributed by atoms with Gasteiger partial charge in [-0.05, 0) is 43.2 Å². The average Bonchev–Trinajstić information content (AvgIpc) is 3.00. The first kappa shape index (κ1) is 17.9. The van der Waals surface area contributed by atoms with Gasteiger partial charge in [0.1, 0.15) is 5.82 Å². The summed E-state index contributed by atoms with van der Waals surface area (Å²) in [6.07, 6.45) is 0.720. The number of benzene rings is 2.